The lowest BCUT2D eigenvalue weighted by atomic mass is 9.93. The minimum Gasteiger partial charge on any atom is -0.488 e. The van der Waals surface area contributed by atoms with Crippen LogP contribution in [0.5, 0.6) is 5.75 Å². The van der Waals surface area contributed by atoms with E-state index in [4.69, 9.17) is 23.9 Å². The molecule has 3 heterocycles. The van der Waals surface area contributed by atoms with Crippen molar-refractivity contribution < 1.29 is 41.7 Å². The van der Waals surface area contributed by atoms with Gasteiger partial charge in [-0.1, -0.05) is 24.3 Å². The van der Waals surface area contributed by atoms with E-state index in [9.17, 15) is 22.8 Å². The number of esters is 1. The number of rotatable bonds is 8. The van der Waals surface area contributed by atoms with Crippen LogP contribution in [0, 0.1) is 18.3 Å². The predicted octanol–water partition coefficient (Wildman–Crippen LogP) is 6.96. The summed E-state index contributed by atoms with van der Waals surface area (Å²) in [5.74, 6) is 0.0157. The Morgan fingerprint density at radius 3 is 2.51 bits per heavy atom. The number of methoxy groups -OCH3 is 2. The number of alkyl halides is 3. The van der Waals surface area contributed by atoms with Gasteiger partial charge in [-0.05, 0) is 93.0 Å². The number of ether oxygens (including phenoxy) is 4. The van der Waals surface area contributed by atoms with E-state index in [0.717, 1.165) is 28.3 Å². The molecule has 2 aromatic carbocycles. The Balaban J connectivity index is 1.27. The zero-order chi connectivity index (χ0) is 35.3. The summed E-state index contributed by atoms with van der Waals surface area (Å²) in [4.78, 5) is 34.0. The zero-order valence-electron chi connectivity index (χ0n) is 28.6. The highest BCUT2D eigenvalue weighted by Gasteiger charge is 2.71. The van der Waals surface area contributed by atoms with E-state index in [0.29, 0.717) is 44.0 Å². The summed E-state index contributed by atoms with van der Waals surface area (Å²) in [5.41, 5.74) is 1.98. The Kier molecular flexibility index (Phi) is 9.06. The van der Waals surface area contributed by atoms with Crippen molar-refractivity contribution in [3.05, 3.63) is 76.3 Å². The number of nitrogens with zero attached hydrogens (tertiary/aromatic N) is 3. The van der Waals surface area contributed by atoms with Crippen molar-refractivity contribution in [1.29, 1.82) is 0 Å². The van der Waals surface area contributed by atoms with E-state index < -0.39 is 22.8 Å². The summed E-state index contributed by atoms with van der Waals surface area (Å²) in [7, 11) is 2.94. The molecule has 1 saturated heterocycles. The molecule has 3 atom stereocenters. The lowest BCUT2D eigenvalue weighted by molar-refractivity contribution is -0.148. The molecule has 2 fully saturated rings. The standard InChI is InChI=1S/C37H42F3N3O6/c1-22-15-23(16-24-13-14-42(19-27(22)24)34(45)49-35(2,3)4)20-48-32-26(9-7-10-28(32)37(38,39)40)29-11-8-12-31(41-29)43-18-25-17-36(25,33(44)47-6)30(43)21-46-5/h7-12,15-16,25,30H,13-14,17-21H2,1-6H3/t25-,30+,36+/m0/s1. The number of hydrogen-bond donors (Lipinski definition) is 0. The van der Waals surface area contributed by atoms with Crippen LogP contribution in [-0.2, 0) is 44.8 Å². The molecular weight excluding hydrogens is 639 g/mol. The third kappa shape index (κ3) is 6.67. The first-order valence-electron chi connectivity index (χ1n) is 16.4. The quantitative estimate of drug-likeness (QED) is 0.236. The number of carbonyl (C=O) groups is 2. The topological polar surface area (TPSA) is 90.4 Å². The van der Waals surface area contributed by atoms with E-state index >= 15 is 0 Å². The maximum Gasteiger partial charge on any atom is 0.419 e. The number of para-hydroxylation sites is 1. The minimum atomic E-state index is -4.67. The summed E-state index contributed by atoms with van der Waals surface area (Å²) in [6.45, 7) is 8.99. The summed E-state index contributed by atoms with van der Waals surface area (Å²) in [6.07, 6.45) is -3.77. The molecule has 1 aliphatic carbocycles. The lowest BCUT2D eigenvalue weighted by Crippen LogP contribution is -2.44. The summed E-state index contributed by atoms with van der Waals surface area (Å²) < 4.78 is 65.5. The summed E-state index contributed by atoms with van der Waals surface area (Å²) in [5, 5.41) is 0. The Bertz CT molecular complexity index is 1760. The Morgan fingerprint density at radius 2 is 1.82 bits per heavy atom. The minimum absolute atomic E-state index is 0.0819. The molecule has 0 unspecified atom stereocenters. The van der Waals surface area contributed by atoms with Crippen molar-refractivity contribution in [2.45, 2.75) is 71.5 Å². The first-order chi connectivity index (χ1) is 23.2. The smallest absolute Gasteiger partial charge is 0.419 e. The number of piperidine rings is 1. The molecule has 0 spiro atoms. The van der Waals surface area contributed by atoms with Crippen molar-refractivity contribution in [1.82, 2.24) is 9.88 Å². The number of anilines is 1. The molecule has 3 aromatic rings. The van der Waals surface area contributed by atoms with Crippen LogP contribution in [-0.4, -0.2) is 67.5 Å². The predicted molar refractivity (Wildman–Crippen MR) is 176 cm³/mol. The van der Waals surface area contributed by atoms with Gasteiger partial charge >= 0.3 is 18.2 Å². The van der Waals surface area contributed by atoms with Crippen LogP contribution in [0.15, 0.2) is 48.5 Å². The van der Waals surface area contributed by atoms with E-state index in [1.54, 1.807) is 36.3 Å². The third-order valence-corrected chi connectivity index (χ3v) is 9.72. The van der Waals surface area contributed by atoms with E-state index in [2.05, 4.69) is 0 Å². The van der Waals surface area contributed by atoms with Crippen LogP contribution < -0.4 is 9.64 Å². The molecular formula is C37H42F3N3O6. The van der Waals surface area contributed by atoms with E-state index in [1.807, 2.05) is 44.7 Å². The number of aryl methyl sites for hydroxylation is 1. The number of amides is 1. The first-order valence-corrected chi connectivity index (χ1v) is 16.4. The van der Waals surface area contributed by atoms with Gasteiger partial charge in [-0.3, -0.25) is 4.79 Å². The van der Waals surface area contributed by atoms with Gasteiger partial charge in [0.15, 0.2) is 0 Å². The van der Waals surface area contributed by atoms with Crippen LogP contribution in [0.3, 0.4) is 0 Å². The normalized spacial score (nSPS) is 21.6. The first kappa shape index (κ1) is 34.5. The van der Waals surface area contributed by atoms with Crippen molar-refractivity contribution in [2.24, 2.45) is 11.3 Å². The van der Waals surface area contributed by atoms with Gasteiger partial charge in [-0.15, -0.1) is 0 Å². The second-order valence-electron chi connectivity index (χ2n) is 14.1. The number of hydrogen-bond acceptors (Lipinski definition) is 8. The molecule has 0 radical (unpaired) electrons. The van der Waals surface area contributed by atoms with Crippen LogP contribution in [0.1, 0.15) is 55.0 Å². The molecule has 6 rings (SSSR count). The van der Waals surface area contributed by atoms with Crippen molar-refractivity contribution >= 4 is 17.9 Å². The SMILES string of the molecule is COC[C@H]1N(c2cccc(-c3cccc(C(F)(F)F)c3OCc3cc(C)c4c(c3)CCN(C(=O)OC(C)(C)C)C4)n2)C[C@@H]2C[C@@]21C(=O)OC. The van der Waals surface area contributed by atoms with Gasteiger partial charge in [-0.25, -0.2) is 9.78 Å². The fourth-order valence-electron chi connectivity index (χ4n) is 7.37. The fourth-order valence-corrected chi connectivity index (χ4v) is 7.37. The fraction of sp³-hybridized carbons (Fsp3) is 0.486. The monoisotopic (exact) mass is 681 g/mol. The van der Waals surface area contributed by atoms with E-state index in [1.165, 1.54) is 13.2 Å². The Morgan fingerprint density at radius 1 is 1.06 bits per heavy atom. The number of halogens is 3. The molecule has 3 aliphatic rings. The maximum atomic E-state index is 14.4. The zero-order valence-corrected chi connectivity index (χ0v) is 28.6. The van der Waals surface area contributed by atoms with Crippen molar-refractivity contribution in [3.8, 4) is 17.0 Å². The molecule has 0 N–H and O–H groups in total. The van der Waals surface area contributed by atoms with Gasteiger partial charge in [0, 0.05) is 32.3 Å². The molecule has 2 aliphatic heterocycles. The molecule has 1 saturated carbocycles. The van der Waals surface area contributed by atoms with Gasteiger partial charge in [0.05, 0.1) is 36.4 Å². The molecule has 1 aromatic heterocycles. The average molecular weight is 682 g/mol. The second-order valence-corrected chi connectivity index (χ2v) is 14.1. The van der Waals surface area contributed by atoms with Crippen molar-refractivity contribution in [2.75, 3.05) is 38.8 Å². The average Bonchev–Trinajstić information content (AvgIpc) is 3.69. The number of fused-ring (bicyclic) bond motifs is 2. The van der Waals surface area contributed by atoms with Crippen molar-refractivity contribution in [3.63, 3.8) is 0 Å². The van der Waals surface area contributed by atoms with Crippen LogP contribution >= 0.6 is 0 Å². The summed E-state index contributed by atoms with van der Waals surface area (Å²) in [6, 6.07) is 12.6. The highest BCUT2D eigenvalue weighted by atomic mass is 19.4. The number of carbonyl (C=O) groups excluding carboxylic acids is 2. The molecule has 1 amide bonds. The highest BCUT2D eigenvalue weighted by Crippen LogP contribution is 2.62. The lowest BCUT2D eigenvalue weighted by Gasteiger charge is -2.32. The molecule has 0 bridgehead atoms. The molecule has 12 heteroatoms. The van der Waals surface area contributed by atoms with Gasteiger partial charge < -0.3 is 28.7 Å². The highest BCUT2D eigenvalue weighted by molar-refractivity contribution is 5.84. The summed E-state index contributed by atoms with van der Waals surface area (Å²) >= 11 is 0. The maximum absolute atomic E-state index is 14.4. The number of pyridine rings is 1. The second kappa shape index (κ2) is 12.9. The number of benzene rings is 2. The molecule has 9 nitrogen and oxygen atoms in total. The molecule has 262 valence electrons. The van der Waals surface area contributed by atoms with Gasteiger partial charge in [0.1, 0.15) is 23.8 Å². The van der Waals surface area contributed by atoms with Gasteiger partial charge in [0.25, 0.3) is 0 Å². The third-order valence-electron chi connectivity index (χ3n) is 9.72. The van der Waals surface area contributed by atoms with Crippen LogP contribution in [0.2, 0.25) is 0 Å². The Labute approximate surface area is 284 Å². The largest absolute Gasteiger partial charge is 0.488 e. The molecule has 49 heavy (non-hydrogen) atoms. The van der Waals surface area contributed by atoms with Crippen LogP contribution in [0.25, 0.3) is 11.3 Å². The van der Waals surface area contributed by atoms with Gasteiger partial charge in [0.2, 0.25) is 0 Å². The van der Waals surface area contributed by atoms with Gasteiger partial charge in [-0.2, -0.15) is 13.2 Å². The number of aromatic nitrogens is 1. The Hall–Kier alpha value is -4.32. The van der Waals surface area contributed by atoms with Crippen LogP contribution in [0.4, 0.5) is 23.8 Å². The van der Waals surface area contributed by atoms with E-state index in [-0.39, 0.29) is 48.5 Å².